The third-order valence-electron chi connectivity index (χ3n) is 7.88. The molecule has 1 aliphatic rings. The molecule has 2 N–H and O–H groups in total. The van der Waals surface area contributed by atoms with Crippen LogP contribution in [0.15, 0.2) is 84.0 Å². The van der Waals surface area contributed by atoms with Crippen LogP contribution < -0.4 is 5.56 Å². The summed E-state index contributed by atoms with van der Waals surface area (Å²) in [4.78, 5) is 37.5. The van der Waals surface area contributed by atoms with Gasteiger partial charge in [0.2, 0.25) is 0 Å². The molecule has 3 aromatic heterocycles. The molecular formula is C33H25FN4O3. The van der Waals surface area contributed by atoms with E-state index in [0.29, 0.717) is 45.0 Å². The highest BCUT2D eigenvalue weighted by Gasteiger charge is 2.25. The number of rotatable bonds is 6. The number of nitrogens with one attached hydrogen (secondary N) is 1. The molecule has 202 valence electrons. The summed E-state index contributed by atoms with van der Waals surface area (Å²) < 4.78 is 16.6. The molecular weight excluding hydrogens is 519 g/mol. The third-order valence-corrected chi connectivity index (χ3v) is 7.88. The molecule has 7 nitrogen and oxygen atoms in total. The summed E-state index contributed by atoms with van der Waals surface area (Å²) in [6, 6.07) is 19.7. The normalized spacial score (nSPS) is 13.2. The lowest BCUT2D eigenvalue weighted by atomic mass is 9.99. The number of H-pyrrole nitrogens is 1. The van der Waals surface area contributed by atoms with Crippen molar-refractivity contribution in [3.63, 3.8) is 0 Å². The molecule has 3 heterocycles. The number of aromatic amines is 1. The maximum Gasteiger partial charge on any atom is 0.265 e. The smallest absolute Gasteiger partial charge is 0.265 e. The molecule has 0 spiro atoms. The Hall–Kier alpha value is -4.95. The summed E-state index contributed by atoms with van der Waals surface area (Å²) in [7, 11) is 0. The topological polar surface area (TPSA) is 101 Å². The molecule has 0 radical (unpaired) electrons. The van der Waals surface area contributed by atoms with Crippen molar-refractivity contribution in [1.82, 2.24) is 19.5 Å². The minimum Gasteiger partial charge on any atom is -0.392 e. The quantitative estimate of drug-likeness (QED) is 0.240. The van der Waals surface area contributed by atoms with Crippen LogP contribution in [0.5, 0.6) is 0 Å². The Morgan fingerprint density at radius 2 is 1.88 bits per heavy atom. The van der Waals surface area contributed by atoms with E-state index < -0.39 is 11.4 Å². The number of pyridine rings is 1. The van der Waals surface area contributed by atoms with Gasteiger partial charge in [-0.2, -0.15) is 0 Å². The van der Waals surface area contributed by atoms with Gasteiger partial charge in [0.25, 0.3) is 5.56 Å². The van der Waals surface area contributed by atoms with Gasteiger partial charge in [0, 0.05) is 34.0 Å². The number of hydrogen-bond acceptors (Lipinski definition) is 5. The molecule has 41 heavy (non-hydrogen) atoms. The summed E-state index contributed by atoms with van der Waals surface area (Å²) in [6.45, 7) is 1.16. The lowest BCUT2D eigenvalue weighted by Gasteiger charge is -2.16. The van der Waals surface area contributed by atoms with Crippen molar-refractivity contribution in [1.29, 1.82) is 0 Å². The van der Waals surface area contributed by atoms with Gasteiger partial charge in [-0.05, 0) is 66.5 Å². The predicted molar refractivity (Wildman–Crippen MR) is 156 cm³/mol. The molecule has 1 aliphatic carbocycles. The standard InChI is InChI=1S/C33H25FN4O3/c1-18(40)19-5-9-21(10-6-19)28-15-25-31(35-17-36-32(25)37-28)24-3-2-4-29(26(24)16-39)38-12-11-22-13-23(20-7-8-20)14-27(34)30(22)33(38)41/h2-6,9-15,17,20,39H,7-8,16H2,1H3,(H,35,36,37). The Morgan fingerprint density at radius 3 is 2.61 bits per heavy atom. The predicted octanol–water partition coefficient (Wildman–Crippen LogP) is 6.31. The minimum absolute atomic E-state index is 0.00553. The SMILES string of the molecule is CC(=O)c1ccc(-c2cc3c(-c4cccc(-n5ccc6cc(C7CC7)cc(F)c6c5=O)c4CO)ncnc3[nH]2)cc1. The Labute approximate surface area is 234 Å². The number of aromatic nitrogens is 4. The zero-order chi connectivity index (χ0) is 28.2. The largest absolute Gasteiger partial charge is 0.392 e. The third kappa shape index (κ3) is 4.24. The molecule has 3 aromatic carbocycles. The molecule has 0 aliphatic heterocycles. The van der Waals surface area contributed by atoms with E-state index in [1.807, 2.05) is 30.3 Å². The summed E-state index contributed by atoms with van der Waals surface area (Å²) in [6.07, 6.45) is 5.16. The van der Waals surface area contributed by atoms with Gasteiger partial charge in [0.15, 0.2) is 5.78 Å². The Balaban J connectivity index is 1.36. The van der Waals surface area contributed by atoms with E-state index in [2.05, 4.69) is 15.0 Å². The molecule has 0 atom stereocenters. The highest BCUT2D eigenvalue weighted by Crippen LogP contribution is 2.41. The second kappa shape index (κ2) is 9.60. The van der Waals surface area contributed by atoms with E-state index in [-0.39, 0.29) is 17.8 Å². The molecule has 6 aromatic rings. The van der Waals surface area contributed by atoms with Gasteiger partial charge in [-0.25, -0.2) is 14.4 Å². The number of fused-ring (bicyclic) bond motifs is 2. The highest BCUT2D eigenvalue weighted by molar-refractivity contribution is 5.97. The monoisotopic (exact) mass is 544 g/mol. The van der Waals surface area contributed by atoms with Crippen LogP contribution in [0.1, 0.15) is 47.2 Å². The van der Waals surface area contributed by atoms with Crippen LogP contribution in [0.2, 0.25) is 0 Å². The van der Waals surface area contributed by atoms with Crippen LogP contribution in [0, 0.1) is 5.82 Å². The molecule has 1 saturated carbocycles. The number of halogens is 1. The van der Waals surface area contributed by atoms with Crippen LogP contribution >= 0.6 is 0 Å². The van der Waals surface area contributed by atoms with Crippen molar-refractivity contribution in [3.05, 3.63) is 112 Å². The number of Topliss-reactive ketones (excluding diaryl/α,β-unsaturated/α-hetero) is 1. The van der Waals surface area contributed by atoms with Crippen LogP contribution in [-0.2, 0) is 6.61 Å². The number of benzene rings is 3. The van der Waals surface area contributed by atoms with Crippen molar-refractivity contribution < 1.29 is 14.3 Å². The molecule has 1 fully saturated rings. The Bertz CT molecular complexity index is 2060. The Kier molecular flexibility index (Phi) is 5.87. The zero-order valence-corrected chi connectivity index (χ0v) is 22.2. The van der Waals surface area contributed by atoms with Gasteiger partial charge in [0.05, 0.1) is 23.4 Å². The van der Waals surface area contributed by atoms with Crippen LogP contribution in [-0.4, -0.2) is 30.4 Å². The van der Waals surface area contributed by atoms with Crippen molar-refractivity contribution in [2.45, 2.75) is 32.3 Å². The van der Waals surface area contributed by atoms with Crippen LogP contribution in [0.3, 0.4) is 0 Å². The van der Waals surface area contributed by atoms with Crippen molar-refractivity contribution >= 4 is 27.6 Å². The van der Waals surface area contributed by atoms with E-state index in [0.717, 1.165) is 35.0 Å². The van der Waals surface area contributed by atoms with Crippen LogP contribution in [0.25, 0.3) is 50.0 Å². The summed E-state index contributed by atoms with van der Waals surface area (Å²) in [5, 5.41) is 11.9. The van der Waals surface area contributed by atoms with Crippen LogP contribution in [0.4, 0.5) is 4.39 Å². The van der Waals surface area contributed by atoms with Gasteiger partial charge in [-0.1, -0.05) is 42.5 Å². The lowest BCUT2D eigenvalue weighted by Crippen LogP contribution is -2.20. The van der Waals surface area contributed by atoms with E-state index in [1.54, 1.807) is 36.5 Å². The molecule has 0 amide bonds. The lowest BCUT2D eigenvalue weighted by molar-refractivity contribution is 0.101. The number of carbonyl (C=O) groups excluding carboxylic acids is 1. The fraction of sp³-hybridized carbons (Fsp3) is 0.152. The average Bonchev–Trinajstić information content (AvgIpc) is 3.74. The maximum absolute atomic E-state index is 15.2. The number of hydrogen-bond donors (Lipinski definition) is 2. The first-order chi connectivity index (χ1) is 19.9. The number of nitrogens with zero attached hydrogens (tertiary/aromatic N) is 3. The zero-order valence-electron chi connectivity index (χ0n) is 22.2. The minimum atomic E-state index is -0.529. The molecule has 7 rings (SSSR count). The molecule has 0 bridgehead atoms. The number of aliphatic hydroxyl groups is 1. The van der Waals surface area contributed by atoms with Gasteiger partial charge in [-0.3, -0.25) is 14.2 Å². The summed E-state index contributed by atoms with van der Waals surface area (Å²) >= 11 is 0. The van der Waals surface area contributed by atoms with E-state index in [4.69, 9.17) is 0 Å². The molecule has 8 heteroatoms. The highest BCUT2D eigenvalue weighted by atomic mass is 19.1. The first kappa shape index (κ1) is 25.0. The second-order valence-electron chi connectivity index (χ2n) is 10.5. The summed E-state index contributed by atoms with van der Waals surface area (Å²) in [5.41, 5.74) is 5.49. The number of aliphatic hydroxyl groups excluding tert-OH is 1. The Morgan fingerprint density at radius 1 is 1.07 bits per heavy atom. The first-order valence-electron chi connectivity index (χ1n) is 13.5. The fourth-order valence-corrected chi connectivity index (χ4v) is 5.57. The van der Waals surface area contributed by atoms with E-state index >= 15 is 4.39 Å². The van der Waals surface area contributed by atoms with E-state index in [9.17, 15) is 14.7 Å². The van der Waals surface area contributed by atoms with E-state index in [1.165, 1.54) is 23.9 Å². The summed E-state index contributed by atoms with van der Waals surface area (Å²) in [5.74, 6) is -0.166. The van der Waals surface area contributed by atoms with Crippen molar-refractivity contribution in [2.75, 3.05) is 0 Å². The molecule has 0 saturated heterocycles. The molecule has 0 unspecified atom stereocenters. The maximum atomic E-state index is 15.2. The average molecular weight is 545 g/mol. The van der Waals surface area contributed by atoms with Crippen molar-refractivity contribution in [2.24, 2.45) is 0 Å². The van der Waals surface area contributed by atoms with Gasteiger partial charge >= 0.3 is 0 Å². The number of carbonyl (C=O) groups is 1. The first-order valence-corrected chi connectivity index (χ1v) is 13.5. The van der Waals surface area contributed by atoms with Gasteiger partial charge < -0.3 is 10.1 Å². The second-order valence-corrected chi connectivity index (χ2v) is 10.5. The van der Waals surface area contributed by atoms with Gasteiger partial charge in [0.1, 0.15) is 17.8 Å². The fourth-order valence-electron chi connectivity index (χ4n) is 5.57. The van der Waals surface area contributed by atoms with Crippen molar-refractivity contribution in [3.8, 4) is 28.2 Å². The van der Waals surface area contributed by atoms with Gasteiger partial charge in [-0.15, -0.1) is 0 Å². The number of ketones is 1.